The van der Waals surface area contributed by atoms with Gasteiger partial charge in [-0.25, -0.2) is 0 Å². The minimum absolute atomic E-state index is 0.775. The Hall–Kier alpha value is -0.190. The molecule has 0 amide bonds. The van der Waals surface area contributed by atoms with Crippen LogP contribution in [0, 0.1) is 0 Å². The molecule has 0 saturated carbocycles. The van der Waals surface area contributed by atoms with E-state index in [0.717, 1.165) is 35.9 Å². The molecule has 0 spiro atoms. The summed E-state index contributed by atoms with van der Waals surface area (Å²) in [6.07, 6.45) is 2.15. The van der Waals surface area contributed by atoms with Crippen molar-refractivity contribution in [2.24, 2.45) is 0 Å². The maximum absolute atomic E-state index is 11.6. The Kier molecular flexibility index (Phi) is 6.07. The van der Waals surface area contributed by atoms with Crippen molar-refractivity contribution >= 4 is 22.1 Å². The van der Waals surface area contributed by atoms with Crippen LogP contribution < -0.4 is 5.32 Å². The summed E-state index contributed by atoms with van der Waals surface area (Å²) in [5, 5.41) is 5.28. The first kappa shape index (κ1) is 11.9. The van der Waals surface area contributed by atoms with Crippen molar-refractivity contribution in [2.45, 2.75) is 24.0 Å². The van der Waals surface area contributed by atoms with Crippen LogP contribution in [0.1, 0.15) is 19.8 Å². The van der Waals surface area contributed by atoms with Gasteiger partial charge in [0.05, 0.1) is 15.0 Å². The summed E-state index contributed by atoms with van der Waals surface area (Å²) >= 11 is 1.58. The van der Waals surface area contributed by atoms with Gasteiger partial charge in [0, 0.05) is 5.75 Å². The van der Waals surface area contributed by atoms with Crippen molar-refractivity contribution < 1.29 is 4.21 Å². The average molecular weight is 231 g/mol. The van der Waals surface area contributed by atoms with Crippen LogP contribution in [0.2, 0.25) is 0 Å². The summed E-state index contributed by atoms with van der Waals surface area (Å²) in [4.78, 5) is 0. The van der Waals surface area contributed by atoms with Crippen molar-refractivity contribution in [1.29, 1.82) is 0 Å². The van der Waals surface area contributed by atoms with Crippen molar-refractivity contribution in [1.82, 2.24) is 5.32 Å². The van der Waals surface area contributed by atoms with E-state index in [0.29, 0.717) is 0 Å². The summed E-state index contributed by atoms with van der Waals surface area (Å²) in [5.41, 5.74) is 0. The van der Waals surface area contributed by atoms with Gasteiger partial charge < -0.3 is 5.32 Å². The van der Waals surface area contributed by atoms with Crippen LogP contribution in [0.15, 0.2) is 21.7 Å². The molecule has 14 heavy (non-hydrogen) atoms. The Morgan fingerprint density at radius 2 is 2.36 bits per heavy atom. The third-order valence-electron chi connectivity index (χ3n) is 1.83. The number of hydrogen-bond acceptors (Lipinski definition) is 3. The van der Waals surface area contributed by atoms with E-state index in [2.05, 4.69) is 12.2 Å². The Morgan fingerprint density at radius 1 is 1.50 bits per heavy atom. The van der Waals surface area contributed by atoms with Gasteiger partial charge in [0.1, 0.15) is 0 Å². The average Bonchev–Trinajstić information content (AvgIpc) is 2.70. The zero-order chi connectivity index (χ0) is 10.2. The van der Waals surface area contributed by atoms with Crippen LogP contribution in [0.3, 0.4) is 0 Å². The highest BCUT2D eigenvalue weighted by Gasteiger charge is 2.03. The van der Waals surface area contributed by atoms with E-state index in [4.69, 9.17) is 0 Å². The highest BCUT2D eigenvalue weighted by Crippen LogP contribution is 2.14. The summed E-state index contributed by atoms with van der Waals surface area (Å²) in [7, 11) is -0.779. The van der Waals surface area contributed by atoms with Gasteiger partial charge >= 0.3 is 0 Å². The third-order valence-corrected chi connectivity index (χ3v) is 4.58. The van der Waals surface area contributed by atoms with Gasteiger partial charge in [0.2, 0.25) is 0 Å². The molecule has 1 aromatic heterocycles. The van der Waals surface area contributed by atoms with Crippen molar-refractivity contribution in [3.8, 4) is 0 Å². The Morgan fingerprint density at radius 3 is 3.00 bits per heavy atom. The molecule has 0 aliphatic heterocycles. The van der Waals surface area contributed by atoms with Crippen molar-refractivity contribution in [2.75, 3.05) is 18.8 Å². The molecule has 0 bridgehead atoms. The van der Waals surface area contributed by atoms with Gasteiger partial charge in [0.15, 0.2) is 0 Å². The molecule has 4 heteroatoms. The second-order valence-electron chi connectivity index (χ2n) is 3.09. The molecule has 0 fully saturated rings. The van der Waals surface area contributed by atoms with Gasteiger partial charge in [-0.05, 0) is 37.4 Å². The fraction of sp³-hybridized carbons (Fsp3) is 0.600. The quantitative estimate of drug-likeness (QED) is 0.729. The Balaban J connectivity index is 2.10. The summed E-state index contributed by atoms with van der Waals surface area (Å²) < 4.78 is 12.6. The first-order valence-electron chi connectivity index (χ1n) is 4.97. The maximum Gasteiger partial charge on any atom is 0.0910 e. The standard InChI is InChI=1S/C10H17NOS2/c1-2-6-11-7-4-9-14(12)10-5-3-8-13-10/h3,5,8,11H,2,4,6-7,9H2,1H3. The smallest absolute Gasteiger partial charge is 0.0910 e. The SMILES string of the molecule is CCCNCCCS(=O)c1cccs1. The lowest BCUT2D eigenvalue weighted by Gasteiger charge is -2.01. The molecule has 0 aliphatic rings. The fourth-order valence-corrected chi connectivity index (χ4v) is 3.26. The molecular formula is C10H17NOS2. The van der Waals surface area contributed by atoms with Crippen LogP contribution >= 0.6 is 11.3 Å². The zero-order valence-electron chi connectivity index (χ0n) is 8.49. The highest BCUT2D eigenvalue weighted by molar-refractivity contribution is 7.87. The topological polar surface area (TPSA) is 29.1 Å². The monoisotopic (exact) mass is 231 g/mol. The normalized spacial score (nSPS) is 12.9. The minimum atomic E-state index is -0.779. The fourth-order valence-electron chi connectivity index (χ4n) is 1.12. The third kappa shape index (κ3) is 4.35. The van der Waals surface area contributed by atoms with E-state index < -0.39 is 10.8 Å². The summed E-state index contributed by atoms with van der Waals surface area (Å²) in [6, 6.07) is 3.90. The first-order chi connectivity index (χ1) is 6.84. The number of nitrogens with one attached hydrogen (secondary N) is 1. The lowest BCUT2D eigenvalue weighted by atomic mass is 10.4. The molecule has 0 radical (unpaired) electrons. The van der Waals surface area contributed by atoms with E-state index in [1.807, 2.05) is 17.5 Å². The lowest BCUT2D eigenvalue weighted by Crippen LogP contribution is -2.17. The van der Waals surface area contributed by atoms with Crippen LogP contribution in [-0.2, 0) is 10.8 Å². The van der Waals surface area contributed by atoms with Gasteiger partial charge in [-0.15, -0.1) is 11.3 Å². The molecule has 1 N–H and O–H groups in total. The van der Waals surface area contributed by atoms with E-state index in [-0.39, 0.29) is 0 Å². The van der Waals surface area contributed by atoms with E-state index in [9.17, 15) is 4.21 Å². The molecule has 0 aliphatic carbocycles. The van der Waals surface area contributed by atoms with Gasteiger partial charge in [-0.2, -0.15) is 0 Å². The zero-order valence-corrected chi connectivity index (χ0v) is 10.1. The van der Waals surface area contributed by atoms with E-state index in [1.165, 1.54) is 0 Å². The molecule has 1 atom stereocenters. The Labute approximate surface area is 92.2 Å². The van der Waals surface area contributed by atoms with Crippen LogP contribution in [0.5, 0.6) is 0 Å². The predicted molar refractivity (Wildman–Crippen MR) is 63.4 cm³/mol. The van der Waals surface area contributed by atoms with Crippen LogP contribution in [0.25, 0.3) is 0 Å². The minimum Gasteiger partial charge on any atom is -0.317 e. The molecule has 80 valence electrons. The number of rotatable bonds is 7. The second-order valence-corrected chi connectivity index (χ2v) is 5.83. The molecular weight excluding hydrogens is 214 g/mol. The van der Waals surface area contributed by atoms with E-state index >= 15 is 0 Å². The largest absolute Gasteiger partial charge is 0.317 e. The van der Waals surface area contributed by atoms with Gasteiger partial charge in [-0.3, -0.25) is 4.21 Å². The number of thiophene rings is 1. The molecule has 0 aromatic carbocycles. The van der Waals surface area contributed by atoms with E-state index in [1.54, 1.807) is 11.3 Å². The highest BCUT2D eigenvalue weighted by atomic mass is 32.2. The molecule has 1 unspecified atom stereocenters. The second kappa shape index (κ2) is 7.15. The first-order valence-corrected chi connectivity index (χ1v) is 7.17. The number of hydrogen-bond donors (Lipinski definition) is 1. The molecule has 1 rings (SSSR count). The predicted octanol–water partition coefficient (Wildman–Crippen LogP) is 2.25. The Bertz CT molecular complexity index is 259. The van der Waals surface area contributed by atoms with Gasteiger partial charge in [0.25, 0.3) is 0 Å². The molecule has 2 nitrogen and oxygen atoms in total. The van der Waals surface area contributed by atoms with Crippen molar-refractivity contribution in [3.63, 3.8) is 0 Å². The lowest BCUT2D eigenvalue weighted by molar-refractivity contribution is 0.653. The molecule has 0 saturated heterocycles. The molecule has 1 aromatic rings. The van der Waals surface area contributed by atoms with Crippen molar-refractivity contribution in [3.05, 3.63) is 17.5 Å². The summed E-state index contributed by atoms with van der Waals surface area (Å²) in [5.74, 6) is 0.775. The summed E-state index contributed by atoms with van der Waals surface area (Å²) in [6.45, 7) is 4.19. The van der Waals surface area contributed by atoms with Crippen LogP contribution in [0.4, 0.5) is 0 Å². The molecule has 1 heterocycles. The van der Waals surface area contributed by atoms with Crippen LogP contribution in [-0.4, -0.2) is 23.1 Å². The van der Waals surface area contributed by atoms with Gasteiger partial charge in [-0.1, -0.05) is 13.0 Å². The maximum atomic E-state index is 11.6.